The van der Waals surface area contributed by atoms with Crippen LogP contribution in [0.4, 0.5) is 4.39 Å². The summed E-state index contributed by atoms with van der Waals surface area (Å²) in [5.74, 6) is -0.0295. The molecule has 102 valence electrons. The smallest absolute Gasteiger partial charge is 0.133 e. The number of halogens is 1. The van der Waals surface area contributed by atoms with E-state index in [-0.39, 0.29) is 5.56 Å². The molecule has 0 aliphatic rings. The molecule has 0 bridgehead atoms. The van der Waals surface area contributed by atoms with Gasteiger partial charge in [-0.2, -0.15) is 0 Å². The molecular formula is C16H13FO2S. The number of fused-ring (bicyclic) bond motifs is 1. The molecule has 1 aromatic heterocycles. The second-order valence-electron chi connectivity index (χ2n) is 4.48. The molecule has 1 N–H and O–H groups in total. The Kier molecular flexibility index (Phi) is 3.42. The standard InChI is InChI=1S/C16H13FO2S/c1-19-11-5-6-12(14(17)9-11)15(18)13-4-2-3-10-7-8-20-16(10)13/h2-9,15,18H,1H3. The van der Waals surface area contributed by atoms with E-state index in [9.17, 15) is 9.50 Å². The minimum absolute atomic E-state index is 0.256. The molecule has 0 radical (unpaired) electrons. The average molecular weight is 288 g/mol. The number of thiophene rings is 1. The summed E-state index contributed by atoms with van der Waals surface area (Å²) in [4.78, 5) is 0. The van der Waals surface area contributed by atoms with Crippen molar-refractivity contribution >= 4 is 21.4 Å². The number of aliphatic hydroxyl groups excluding tert-OH is 1. The Morgan fingerprint density at radius 2 is 2.00 bits per heavy atom. The van der Waals surface area contributed by atoms with Crippen molar-refractivity contribution in [2.75, 3.05) is 7.11 Å². The van der Waals surface area contributed by atoms with Crippen molar-refractivity contribution in [1.29, 1.82) is 0 Å². The number of ether oxygens (including phenoxy) is 1. The maximum absolute atomic E-state index is 14.1. The minimum atomic E-state index is -0.983. The first-order valence-corrected chi connectivity index (χ1v) is 7.06. The zero-order valence-corrected chi connectivity index (χ0v) is 11.7. The average Bonchev–Trinajstić information content (AvgIpc) is 2.94. The number of benzene rings is 2. The molecule has 2 aromatic carbocycles. The summed E-state index contributed by atoms with van der Waals surface area (Å²) in [6, 6.07) is 12.2. The highest BCUT2D eigenvalue weighted by Gasteiger charge is 2.18. The van der Waals surface area contributed by atoms with Crippen molar-refractivity contribution in [1.82, 2.24) is 0 Å². The molecule has 0 aliphatic heterocycles. The molecule has 1 heterocycles. The fraction of sp³-hybridized carbons (Fsp3) is 0.125. The third kappa shape index (κ3) is 2.17. The molecule has 0 aliphatic carbocycles. The van der Waals surface area contributed by atoms with Gasteiger partial charge in [0.2, 0.25) is 0 Å². The SMILES string of the molecule is COc1ccc(C(O)c2cccc3ccsc23)c(F)c1. The summed E-state index contributed by atoms with van der Waals surface area (Å²) < 4.78 is 20.0. The van der Waals surface area contributed by atoms with E-state index in [1.165, 1.54) is 13.2 Å². The number of methoxy groups -OCH3 is 1. The van der Waals surface area contributed by atoms with Crippen LogP contribution in [0.2, 0.25) is 0 Å². The number of rotatable bonds is 3. The molecule has 3 rings (SSSR count). The van der Waals surface area contributed by atoms with E-state index in [2.05, 4.69) is 0 Å². The molecule has 0 saturated carbocycles. The topological polar surface area (TPSA) is 29.5 Å². The minimum Gasteiger partial charge on any atom is -0.497 e. The third-order valence-corrected chi connectivity index (χ3v) is 4.29. The molecule has 2 nitrogen and oxygen atoms in total. The summed E-state index contributed by atoms with van der Waals surface area (Å²) in [6.45, 7) is 0. The lowest BCUT2D eigenvalue weighted by molar-refractivity contribution is 0.216. The van der Waals surface area contributed by atoms with Crippen LogP contribution in [0.3, 0.4) is 0 Å². The van der Waals surface area contributed by atoms with E-state index < -0.39 is 11.9 Å². The fourth-order valence-corrected chi connectivity index (χ4v) is 3.19. The van der Waals surface area contributed by atoms with Crippen LogP contribution in [0.5, 0.6) is 5.75 Å². The molecule has 0 spiro atoms. The van der Waals surface area contributed by atoms with Crippen molar-refractivity contribution in [3.63, 3.8) is 0 Å². The summed E-state index contributed by atoms with van der Waals surface area (Å²) in [5.41, 5.74) is 0.980. The predicted molar refractivity (Wildman–Crippen MR) is 78.8 cm³/mol. The number of hydrogen-bond donors (Lipinski definition) is 1. The van der Waals surface area contributed by atoms with Gasteiger partial charge in [0.25, 0.3) is 0 Å². The van der Waals surface area contributed by atoms with E-state index in [4.69, 9.17) is 4.74 Å². The summed E-state index contributed by atoms with van der Waals surface area (Å²) >= 11 is 1.54. The van der Waals surface area contributed by atoms with Crippen LogP contribution in [0, 0.1) is 5.82 Å². The van der Waals surface area contributed by atoms with Crippen LogP contribution < -0.4 is 4.74 Å². The Morgan fingerprint density at radius 3 is 2.75 bits per heavy atom. The molecule has 0 fully saturated rings. The van der Waals surface area contributed by atoms with Crippen LogP contribution >= 0.6 is 11.3 Å². The molecule has 0 amide bonds. The number of hydrogen-bond acceptors (Lipinski definition) is 3. The Bertz CT molecular complexity index is 751. The Morgan fingerprint density at radius 1 is 1.15 bits per heavy atom. The van der Waals surface area contributed by atoms with Gasteiger partial charge in [-0.3, -0.25) is 0 Å². The van der Waals surface area contributed by atoms with Gasteiger partial charge in [0.15, 0.2) is 0 Å². The van der Waals surface area contributed by atoms with Crippen molar-refractivity contribution < 1.29 is 14.2 Å². The Labute approximate surface area is 120 Å². The first-order chi connectivity index (χ1) is 9.70. The lowest BCUT2D eigenvalue weighted by Crippen LogP contribution is -2.03. The van der Waals surface area contributed by atoms with Gasteiger partial charge in [0, 0.05) is 21.9 Å². The largest absolute Gasteiger partial charge is 0.497 e. The monoisotopic (exact) mass is 288 g/mol. The van der Waals surface area contributed by atoms with Crippen LogP contribution in [0.25, 0.3) is 10.1 Å². The van der Waals surface area contributed by atoms with Gasteiger partial charge in [-0.05, 0) is 29.0 Å². The first-order valence-electron chi connectivity index (χ1n) is 6.18. The van der Waals surface area contributed by atoms with Gasteiger partial charge in [-0.15, -0.1) is 11.3 Å². The molecule has 20 heavy (non-hydrogen) atoms. The van der Waals surface area contributed by atoms with Gasteiger partial charge in [0.1, 0.15) is 17.7 Å². The summed E-state index contributed by atoms with van der Waals surface area (Å²) in [7, 11) is 1.48. The molecule has 1 atom stereocenters. The Balaban J connectivity index is 2.08. The van der Waals surface area contributed by atoms with Gasteiger partial charge in [0.05, 0.1) is 7.11 Å². The van der Waals surface area contributed by atoms with Gasteiger partial charge in [-0.1, -0.05) is 18.2 Å². The molecule has 0 saturated heterocycles. The highest BCUT2D eigenvalue weighted by atomic mass is 32.1. The number of aliphatic hydroxyl groups is 1. The highest BCUT2D eigenvalue weighted by molar-refractivity contribution is 7.17. The Hall–Kier alpha value is -1.91. The van der Waals surface area contributed by atoms with Gasteiger partial charge >= 0.3 is 0 Å². The van der Waals surface area contributed by atoms with Crippen LogP contribution in [-0.2, 0) is 0 Å². The maximum atomic E-state index is 14.1. The predicted octanol–water partition coefficient (Wildman–Crippen LogP) is 4.13. The lowest BCUT2D eigenvalue weighted by atomic mass is 10.00. The first kappa shape index (κ1) is 13.1. The van der Waals surface area contributed by atoms with Crippen LogP contribution in [0.15, 0.2) is 47.8 Å². The van der Waals surface area contributed by atoms with Crippen LogP contribution in [0.1, 0.15) is 17.2 Å². The molecule has 4 heteroatoms. The maximum Gasteiger partial charge on any atom is 0.133 e. The molecule has 1 unspecified atom stereocenters. The van der Waals surface area contributed by atoms with Crippen LogP contribution in [-0.4, -0.2) is 12.2 Å². The highest BCUT2D eigenvalue weighted by Crippen LogP contribution is 2.33. The molecular weight excluding hydrogens is 275 g/mol. The van der Waals surface area contributed by atoms with Crippen molar-refractivity contribution in [2.45, 2.75) is 6.10 Å². The lowest BCUT2D eigenvalue weighted by Gasteiger charge is -2.14. The molecule has 3 aromatic rings. The van der Waals surface area contributed by atoms with E-state index >= 15 is 0 Å². The van der Waals surface area contributed by atoms with E-state index in [1.807, 2.05) is 29.6 Å². The van der Waals surface area contributed by atoms with Gasteiger partial charge < -0.3 is 9.84 Å². The third-order valence-electron chi connectivity index (χ3n) is 3.31. The van der Waals surface area contributed by atoms with E-state index in [0.29, 0.717) is 5.75 Å². The zero-order valence-electron chi connectivity index (χ0n) is 10.8. The van der Waals surface area contributed by atoms with E-state index in [1.54, 1.807) is 23.5 Å². The van der Waals surface area contributed by atoms with Crippen molar-refractivity contribution in [3.05, 3.63) is 64.8 Å². The summed E-state index contributed by atoms with van der Waals surface area (Å²) in [5, 5.41) is 13.5. The normalized spacial score (nSPS) is 12.6. The van der Waals surface area contributed by atoms with Crippen molar-refractivity contribution in [3.8, 4) is 5.75 Å². The van der Waals surface area contributed by atoms with Crippen molar-refractivity contribution in [2.24, 2.45) is 0 Å². The second-order valence-corrected chi connectivity index (χ2v) is 5.39. The second kappa shape index (κ2) is 5.23. The fourth-order valence-electron chi connectivity index (χ4n) is 2.26. The summed E-state index contributed by atoms with van der Waals surface area (Å²) in [6.07, 6.45) is -0.983. The quantitative estimate of drug-likeness (QED) is 0.785. The zero-order chi connectivity index (χ0) is 14.1. The van der Waals surface area contributed by atoms with E-state index in [0.717, 1.165) is 15.6 Å². The van der Waals surface area contributed by atoms with Gasteiger partial charge in [-0.25, -0.2) is 4.39 Å².